The number of aryl methyl sites for hydroxylation is 1. The van der Waals surface area contributed by atoms with E-state index in [9.17, 15) is 5.11 Å². The lowest BCUT2D eigenvalue weighted by Gasteiger charge is -2.31. The summed E-state index contributed by atoms with van der Waals surface area (Å²) in [6.07, 6.45) is 15.1. The summed E-state index contributed by atoms with van der Waals surface area (Å²) in [5.74, 6) is 2.10. The maximum atomic E-state index is 10.5. The van der Waals surface area contributed by atoms with Gasteiger partial charge < -0.3 is 14.9 Å². The van der Waals surface area contributed by atoms with Crippen LogP contribution in [0.4, 0.5) is 0 Å². The van der Waals surface area contributed by atoms with Crippen molar-refractivity contribution in [2.24, 2.45) is 0 Å². The summed E-state index contributed by atoms with van der Waals surface area (Å²) in [4.78, 5) is 16.9. The van der Waals surface area contributed by atoms with Gasteiger partial charge >= 0.3 is 0 Å². The van der Waals surface area contributed by atoms with Gasteiger partial charge in [0.05, 0.1) is 29.7 Å². The van der Waals surface area contributed by atoms with Crippen LogP contribution in [-0.4, -0.2) is 75.1 Å². The van der Waals surface area contributed by atoms with E-state index in [4.69, 9.17) is 9.97 Å². The Labute approximate surface area is 224 Å². The normalized spacial score (nSPS) is 17.2. The molecule has 1 aliphatic heterocycles. The number of hydrogen-bond acceptors (Lipinski definition) is 6. The number of aromatic nitrogens is 3. The predicted octanol–water partition coefficient (Wildman–Crippen LogP) is 4.88. The van der Waals surface area contributed by atoms with Gasteiger partial charge in [-0.05, 0) is 65.0 Å². The van der Waals surface area contributed by atoms with Crippen molar-refractivity contribution in [3.8, 4) is 0 Å². The summed E-state index contributed by atoms with van der Waals surface area (Å²) < 4.78 is 2.20. The molecular formula is C30H48N6O. The Morgan fingerprint density at radius 3 is 2.65 bits per heavy atom. The Kier molecular flexibility index (Phi) is 11.4. The van der Waals surface area contributed by atoms with E-state index >= 15 is 0 Å². The first-order valence-corrected chi connectivity index (χ1v) is 14.1. The fourth-order valence-electron chi connectivity index (χ4n) is 5.36. The number of nitrogens with zero attached hydrogens (tertiary/aromatic N) is 6. The maximum absolute atomic E-state index is 10.5. The molecule has 0 spiro atoms. The average molecular weight is 509 g/mol. The first-order valence-electron chi connectivity index (χ1n) is 14.1. The topological polar surface area (TPSA) is 60.7 Å². The quantitative estimate of drug-likeness (QED) is 0.521. The molecule has 1 unspecified atom stereocenters. The lowest BCUT2D eigenvalue weighted by Crippen LogP contribution is -2.33. The number of allylic oxidation sites excluding steroid dienone is 3. The van der Waals surface area contributed by atoms with E-state index < -0.39 is 0 Å². The third-order valence-corrected chi connectivity index (χ3v) is 7.31. The molecule has 0 aromatic carbocycles. The van der Waals surface area contributed by atoms with Crippen LogP contribution in [0.25, 0.3) is 5.82 Å². The molecule has 0 fully saturated rings. The molecule has 1 N–H and O–H groups in total. The summed E-state index contributed by atoms with van der Waals surface area (Å²) in [5.41, 5.74) is 4.46. The van der Waals surface area contributed by atoms with Crippen molar-refractivity contribution < 1.29 is 5.11 Å². The number of likely N-dealkylation sites (N-methyl/N-ethyl adjacent to an activating group) is 2. The average Bonchev–Trinajstić information content (AvgIpc) is 3.10. The molecule has 0 amide bonds. The molecule has 37 heavy (non-hydrogen) atoms. The minimum Gasteiger partial charge on any atom is -0.390 e. The van der Waals surface area contributed by atoms with Crippen molar-refractivity contribution in [1.82, 2.24) is 29.2 Å². The highest BCUT2D eigenvalue weighted by Crippen LogP contribution is 2.32. The molecular weight excluding hydrogens is 460 g/mol. The number of hydrogen-bond donors (Lipinski definition) is 1. The van der Waals surface area contributed by atoms with Gasteiger partial charge in [0.2, 0.25) is 0 Å². The number of imidazole rings is 1. The fraction of sp³-hybridized carbons (Fsp3) is 0.600. The molecule has 0 saturated carbocycles. The lowest BCUT2D eigenvalue weighted by molar-refractivity contribution is 0.206. The molecule has 4 rings (SSSR count). The second-order valence-electron chi connectivity index (χ2n) is 10.0. The van der Waals surface area contributed by atoms with Crippen LogP contribution in [0, 0.1) is 0 Å². The van der Waals surface area contributed by atoms with Crippen molar-refractivity contribution in [3.05, 3.63) is 65.0 Å². The van der Waals surface area contributed by atoms with Crippen molar-refractivity contribution >= 4 is 5.82 Å². The van der Waals surface area contributed by atoms with Gasteiger partial charge in [0, 0.05) is 38.8 Å². The second-order valence-corrected chi connectivity index (χ2v) is 10.0. The number of aliphatic hydroxyl groups excluding tert-OH is 1. The van der Waals surface area contributed by atoms with Crippen molar-refractivity contribution in [1.29, 1.82) is 0 Å². The number of aliphatic hydroxyl groups is 1. The van der Waals surface area contributed by atoms with Gasteiger partial charge in [0.25, 0.3) is 0 Å². The summed E-state index contributed by atoms with van der Waals surface area (Å²) in [6, 6.07) is 4.56. The van der Waals surface area contributed by atoms with Crippen LogP contribution >= 0.6 is 0 Å². The fourth-order valence-corrected chi connectivity index (χ4v) is 5.36. The molecule has 1 atom stereocenters. The van der Waals surface area contributed by atoms with Crippen LogP contribution in [0.2, 0.25) is 0 Å². The predicted molar refractivity (Wildman–Crippen MR) is 153 cm³/mol. The van der Waals surface area contributed by atoms with Gasteiger partial charge in [-0.2, -0.15) is 0 Å². The van der Waals surface area contributed by atoms with E-state index in [0.717, 1.165) is 61.9 Å². The third-order valence-electron chi connectivity index (χ3n) is 7.31. The van der Waals surface area contributed by atoms with Gasteiger partial charge in [0.15, 0.2) is 0 Å². The molecule has 2 aliphatic rings. The molecule has 7 heteroatoms. The first-order chi connectivity index (χ1) is 18.0. The molecule has 3 heterocycles. The number of pyridine rings is 1. The first kappa shape index (κ1) is 29.1. The van der Waals surface area contributed by atoms with Gasteiger partial charge in [-0.1, -0.05) is 44.9 Å². The Morgan fingerprint density at radius 1 is 1.11 bits per heavy atom. The lowest BCUT2D eigenvalue weighted by atomic mass is 9.93. The molecule has 7 nitrogen and oxygen atoms in total. The van der Waals surface area contributed by atoms with Gasteiger partial charge in [-0.3, -0.25) is 14.5 Å². The molecule has 1 aliphatic carbocycles. The molecule has 204 valence electrons. The Bertz CT molecular complexity index is 1040. The van der Waals surface area contributed by atoms with Crippen LogP contribution in [-0.2, 0) is 26.0 Å². The zero-order valence-corrected chi connectivity index (χ0v) is 24.0. The zero-order chi connectivity index (χ0) is 26.8. The molecule has 0 bridgehead atoms. The SMILES string of the molecule is CC.CCN(CCN(C)C)C1=CC=CCc2nc(CN(C)C3CCCCCc4cccnc43)c(CO)n21. The van der Waals surface area contributed by atoms with Crippen LogP contribution in [0.15, 0.2) is 36.6 Å². The summed E-state index contributed by atoms with van der Waals surface area (Å²) >= 11 is 0. The Morgan fingerprint density at radius 2 is 1.92 bits per heavy atom. The highest BCUT2D eigenvalue weighted by Gasteiger charge is 2.27. The van der Waals surface area contributed by atoms with E-state index in [2.05, 4.69) is 77.7 Å². The van der Waals surface area contributed by atoms with E-state index in [-0.39, 0.29) is 12.6 Å². The molecule has 0 saturated heterocycles. The van der Waals surface area contributed by atoms with E-state index in [0.29, 0.717) is 6.54 Å². The van der Waals surface area contributed by atoms with Crippen molar-refractivity contribution in [2.75, 3.05) is 40.8 Å². The second kappa shape index (κ2) is 14.5. The monoisotopic (exact) mass is 508 g/mol. The molecule has 2 aromatic rings. The molecule has 2 aromatic heterocycles. The summed E-state index contributed by atoms with van der Waals surface area (Å²) in [6.45, 7) is 9.64. The smallest absolute Gasteiger partial charge is 0.118 e. The largest absolute Gasteiger partial charge is 0.390 e. The summed E-state index contributed by atoms with van der Waals surface area (Å²) in [7, 11) is 6.39. The Balaban J connectivity index is 0.00000186. The standard InChI is InChI=1S/C28H42N6O.C2H6/c1-5-33(19-18-31(2)3)27-16-10-9-15-26-30-23(25(21-35)34(26)27)20-32(4)24-14-8-6-7-12-22-13-11-17-29-28(22)24;1-2/h9-11,13,16-17,24,35H,5-8,12,14-15,18-21H2,1-4H3;1-2H3. The number of fused-ring (bicyclic) bond motifs is 2. The van der Waals surface area contributed by atoms with Crippen molar-refractivity contribution in [2.45, 2.75) is 78.5 Å². The van der Waals surface area contributed by atoms with Crippen molar-refractivity contribution in [3.63, 3.8) is 0 Å². The minimum atomic E-state index is -0.0295. The minimum absolute atomic E-state index is 0.0295. The van der Waals surface area contributed by atoms with Gasteiger partial charge in [-0.15, -0.1) is 0 Å². The van der Waals surface area contributed by atoms with Crippen LogP contribution in [0.5, 0.6) is 0 Å². The van der Waals surface area contributed by atoms with Crippen LogP contribution in [0.3, 0.4) is 0 Å². The summed E-state index contributed by atoms with van der Waals surface area (Å²) in [5, 5.41) is 10.5. The van der Waals surface area contributed by atoms with E-state index in [1.807, 2.05) is 20.0 Å². The zero-order valence-electron chi connectivity index (χ0n) is 24.0. The Hall–Kier alpha value is -2.48. The highest BCUT2D eigenvalue weighted by atomic mass is 16.3. The van der Waals surface area contributed by atoms with E-state index in [1.54, 1.807) is 0 Å². The van der Waals surface area contributed by atoms with Crippen LogP contribution < -0.4 is 0 Å². The van der Waals surface area contributed by atoms with Gasteiger partial charge in [0.1, 0.15) is 11.6 Å². The van der Waals surface area contributed by atoms with Crippen LogP contribution in [0.1, 0.15) is 81.0 Å². The molecule has 0 radical (unpaired) electrons. The third kappa shape index (κ3) is 7.09. The van der Waals surface area contributed by atoms with E-state index in [1.165, 1.54) is 30.5 Å². The van der Waals surface area contributed by atoms with Gasteiger partial charge in [-0.25, -0.2) is 4.98 Å². The highest BCUT2D eigenvalue weighted by molar-refractivity contribution is 5.52. The number of rotatable bonds is 9. The maximum Gasteiger partial charge on any atom is 0.118 e.